The number of fused-ring (bicyclic) bond motifs is 1. The highest BCUT2D eigenvalue weighted by Gasteiger charge is 2.18. The zero-order valence-electron chi connectivity index (χ0n) is 11.4. The first-order valence-electron chi connectivity index (χ1n) is 6.91. The molecule has 2 rings (SSSR count). The van der Waals surface area contributed by atoms with Crippen LogP contribution in [0, 0.1) is 23.7 Å². The molecule has 0 atom stereocenters. The van der Waals surface area contributed by atoms with E-state index in [2.05, 4.69) is 18.9 Å². The van der Waals surface area contributed by atoms with Crippen molar-refractivity contribution in [1.29, 1.82) is 5.26 Å². The fourth-order valence-corrected chi connectivity index (χ4v) is 2.59. The van der Waals surface area contributed by atoms with Crippen molar-refractivity contribution in [2.45, 2.75) is 39.0 Å². The number of pyridine rings is 1. The van der Waals surface area contributed by atoms with Gasteiger partial charge in [-0.25, -0.2) is 4.98 Å². The quantitative estimate of drug-likeness (QED) is 0.774. The number of aromatic nitrogens is 1. The lowest BCUT2D eigenvalue weighted by Crippen LogP contribution is -2.27. The summed E-state index contributed by atoms with van der Waals surface area (Å²) in [4.78, 5) is 6.76. The summed E-state index contributed by atoms with van der Waals surface area (Å²) in [5, 5.41) is 9.34. The maximum atomic E-state index is 9.34. The lowest BCUT2D eigenvalue weighted by atomic mass is 9.95. The van der Waals surface area contributed by atoms with Crippen LogP contribution in [-0.2, 0) is 12.8 Å². The van der Waals surface area contributed by atoms with Crippen LogP contribution in [-0.4, -0.2) is 18.1 Å². The first-order chi connectivity index (χ1) is 9.30. The Morgan fingerprint density at radius 3 is 2.89 bits per heavy atom. The average Bonchev–Trinajstić information content (AvgIpc) is 2.45. The van der Waals surface area contributed by atoms with Crippen LogP contribution in [0.5, 0.6) is 0 Å². The number of anilines is 1. The predicted molar refractivity (Wildman–Crippen MR) is 76.9 cm³/mol. The molecule has 0 N–H and O–H groups in total. The van der Waals surface area contributed by atoms with Crippen molar-refractivity contribution in [2.24, 2.45) is 0 Å². The van der Waals surface area contributed by atoms with Gasteiger partial charge in [0.15, 0.2) is 0 Å². The molecule has 1 aliphatic rings. The smallest absolute Gasteiger partial charge is 0.147 e. The highest BCUT2D eigenvalue weighted by atomic mass is 15.2. The number of nitriles is 1. The summed E-state index contributed by atoms with van der Waals surface area (Å²) in [6.07, 6.45) is 10.9. The lowest BCUT2D eigenvalue weighted by Gasteiger charge is -2.24. The molecule has 1 heterocycles. The SMILES string of the molecule is C#CCN(CCC)c1nc2c(cc1C#N)CCCC2. The molecule has 0 fully saturated rings. The second-order valence-corrected chi connectivity index (χ2v) is 4.91. The number of nitrogens with zero attached hydrogens (tertiary/aromatic N) is 3. The molecular weight excluding hydrogens is 234 g/mol. The largest absolute Gasteiger partial charge is 0.344 e. The van der Waals surface area contributed by atoms with Crippen molar-refractivity contribution in [3.8, 4) is 18.4 Å². The molecule has 0 saturated heterocycles. The van der Waals surface area contributed by atoms with Crippen LogP contribution in [0.2, 0.25) is 0 Å². The number of hydrogen-bond donors (Lipinski definition) is 0. The van der Waals surface area contributed by atoms with Crippen LogP contribution in [0.25, 0.3) is 0 Å². The van der Waals surface area contributed by atoms with Gasteiger partial charge in [-0.15, -0.1) is 6.42 Å². The highest BCUT2D eigenvalue weighted by molar-refractivity contribution is 5.57. The van der Waals surface area contributed by atoms with Crippen LogP contribution in [0.15, 0.2) is 6.07 Å². The van der Waals surface area contributed by atoms with Crippen molar-refractivity contribution < 1.29 is 0 Å². The van der Waals surface area contributed by atoms with E-state index >= 15 is 0 Å². The Labute approximate surface area is 115 Å². The van der Waals surface area contributed by atoms with Crippen LogP contribution in [0.3, 0.4) is 0 Å². The van der Waals surface area contributed by atoms with E-state index in [1.165, 1.54) is 18.4 Å². The third-order valence-electron chi connectivity index (χ3n) is 3.48. The molecule has 1 aromatic rings. The van der Waals surface area contributed by atoms with E-state index in [0.29, 0.717) is 12.1 Å². The number of rotatable bonds is 4. The van der Waals surface area contributed by atoms with E-state index in [4.69, 9.17) is 11.4 Å². The minimum absolute atomic E-state index is 0.508. The molecule has 0 aromatic carbocycles. The van der Waals surface area contributed by atoms with E-state index < -0.39 is 0 Å². The molecule has 19 heavy (non-hydrogen) atoms. The van der Waals surface area contributed by atoms with Gasteiger partial charge in [-0.3, -0.25) is 0 Å². The Morgan fingerprint density at radius 2 is 2.21 bits per heavy atom. The highest BCUT2D eigenvalue weighted by Crippen LogP contribution is 2.26. The fourth-order valence-electron chi connectivity index (χ4n) is 2.59. The molecule has 1 aliphatic carbocycles. The second kappa shape index (κ2) is 6.25. The maximum Gasteiger partial charge on any atom is 0.147 e. The summed E-state index contributed by atoms with van der Waals surface area (Å²) in [5.41, 5.74) is 3.05. The molecule has 0 spiro atoms. The van der Waals surface area contributed by atoms with E-state index in [1.54, 1.807) is 0 Å². The molecule has 0 aliphatic heterocycles. The predicted octanol–water partition coefficient (Wildman–Crippen LogP) is 2.68. The summed E-state index contributed by atoms with van der Waals surface area (Å²) in [6, 6.07) is 4.28. The van der Waals surface area contributed by atoms with Gasteiger partial charge in [-0.1, -0.05) is 12.8 Å². The normalized spacial score (nSPS) is 13.2. The van der Waals surface area contributed by atoms with Gasteiger partial charge < -0.3 is 4.90 Å². The Bertz CT molecular complexity index is 534. The molecule has 0 saturated carbocycles. The summed E-state index contributed by atoms with van der Waals surface area (Å²) < 4.78 is 0. The monoisotopic (exact) mass is 253 g/mol. The first-order valence-corrected chi connectivity index (χ1v) is 6.91. The first kappa shape index (κ1) is 13.4. The zero-order valence-corrected chi connectivity index (χ0v) is 11.4. The van der Waals surface area contributed by atoms with Gasteiger partial charge in [-0.05, 0) is 43.7 Å². The van der Waals surface area contributed by atoms with Gasteiger partial charge in [0.05, 0.1) is 12.1 Å². The summed E-state index contributed by atoms with van der Waals surface area (Å²) in [7, 11) is 0. The van der Waals surface area contributed by atoms with E-state index in [1.807, 2.05) is 11.0 Å². The topological polar surface area (TPSA) is 39.9 Å². The second-order valence-electron chi connectivity index (χ2n) is 4.91. The Balaban J connectivity index is 2.43. The fraction of sp³-hybridized carbons (Fsp3) is 0.500. The summed E-state index contributed by atoms with van der Waals surface area (Å²) in [5.74, 6) is 3.43. The van der Waals surface area contributed by atoms with Gasteiger partial charge in [0.2, 0.25) is 0 Å². The minimum atomic E-state index is 0.508. The van der Waals surface area contributed by atoms with Crippen LogP contribution < -0.4 is 4.90 Å². The number of terminal acetylenes is 1. The number of aryl methyl sites for hydroxylation is 2. The maximum absolute atomic E-state index is 9.34. The molecule has 0 amide bonds. The molecule has 0 radical (unpaired) electrons. The molecule has 3 nitrogen and oxygen atoms in total. The molecule has 0 unspecified atom stereocenters. The number of hydrogen-bond acceptors (Lipinski definition) is 3. The van der Waals surface area contributed by atoms with Crippen molar-refractivity contribution in [3.63, 3.8) is 0 Å². The van der Waals surface area contributed by atoms with Crippen LogP contribution in [0.1, 0.15) is 43.0 Å². The summed E-state index contributed by atoms with van der Waals surface area (Å²) >= 11 is 0. The van der Waals surface area contributed by atoms with E-state index in [0.717, 1.165) is 37.3 Å². The molecule has 0 bridgehead atoms. The third kappa shape index (κ3) is 2.88. The van der Waals surface area contributed by atoms with Crippen molar-refractivity contribution in [2.75, 3.05) is 18.0 Å². The molecule has 1 aromatic heterocycles. The van der Waals surface area contributed by atoms with E-state index in [9.17, 15) is 5.26 Å². The summed E-state index contributed by atoms with van der Waals surface area (Å²) in [6.45, 7) is 3.45. The van der Waals surface area contributed by atoms with Crippen molar-refractivity contribution in [3.05, 3.63) is 22.9 Å². The van der Waals surface area contributed by atoms with E-state index in [-0.39, 0.29) is 0 Å². The van der Waals surface area contributed by atoms with Gasteiger partial charge in [-0.2, -0.15) is 5.26 Å². The van der Waals surface area contributed by atoms with Crippen LogP contribution >= 0.6 is 0 Å². The van der Waals surface area contributed by atoms with Crippen molar-refractivity contribution in [1.82, 2.24) is 4.98 Å². The van der Waals surface area contributed by atoms with Gasteiger partial charge in [0.1, 0.15) is 11.9 Å². The standard InChI is InChI=1S/C16H19N3/c1-3-9-19(10-4-2)16-14(12-17)11-13-7-5-6-8-15(13)18-16/h1,11H,4-10H2,2H3. The zero-order chi connectivity index (χ0) is 13.7. The van der Waals surface area contributed by atoms with Gasteiger partial charge in [0.25, 0.3) is 0 Å². The molecular formula is C16H19N3. The molecule has 3 heteroatoms. The average molecular weight is 253 g/mol. The Morgan fingerprint density at radius 1 is 1.42 bits per heavy atom. The third-order valence-corrected chi connectivity index (χ3v) is 3.48. The van der Waals surface area contributed by atoms with Crippen molar-refractivity contribution >= 4 is 5.82 Å². The minimum Gasteiger partial charge on any atom is -0.344 e. The Kier molecular flexibility index (Phi) is 4.42. The molecule has 98 valence electrons. The Hall–Kier alpha value is -2.00. The lowest BCUT2D eigenvalue weighted by molar-refractivity contribution is 0.664. The van der Waals surface area contributed by atoms with Gasteiger partial charge in [0, 0.05) is 12.2 Å². The van der Waals surface area contributed by atoms with Crippen LogP contribution in [0.4, 0.5) is 5.82 Å². The van der Waals surface area contributed by atoms with Gasteiger partial charge >= 0.3 is 0 Å².